The first-order valence-corrected chi connectivity index (χ1v) is 10.1. The van der Waals surface area contributed by atoms with Gasteiger partial charge in [0.1, 0.15) is 0 Å². The van der Waals surface area contributed by atoms with Crippen LogP contribution in [0.2, 0.25) is 0 Å². The average molecular weight is 406 g/mol. The van der Waals surface area contributed by atoms with E-state index >= 15 is 0 Å². The number of nitrogens with one attached hydrogen (secondary N) is 1. The number of aromatic nitrogens is 2. The zero-order valence-electron chi connectivity index (χ0n) is 16.4. The molecule has 0 unspecified atom stereocenters. The lowest BCUT2D eigenvalue weighted by molar-refractivity contribution is -0.122. The zero-order chi connectivity index (χ0) is 20.3. The minimum absolute atomic E-state index is 0.113. The predicted octanol–water partition coefficient (Wildman–Crippen LogP) is 3.46. The highest BCUT2D eigenvalue weighted by Crippen LogP contribution is 2.36. The Morgan fingerprint density at radius 3 is 2.87 bits per heavy atom. The Morgan fingerprint density at radius 1 is 1.07 bits per heavy atom. The van der Waals surface area contributed by atoms with Crippen molar-refractivity contribution in [2.45, 2.75) is 31.8 Å². The molecule has 5 rings (SSSR count). The molecule has 3 aromatic rings. The second kappa shape index (κ2) is 8.16. The summed E-state index contributed by atoms with van der Waals surface area (Å²) < 4.78 is 16.7. The molecular weight excluding hydrogens is 384 g/mol. The first-order chi connectivity index (χ1) is 14.8. The number of fused-ring (bicyclic) bond motifs is 1. The van der Waals surface area contributed by atoms with Crippen LogP contribution in [-0.4, -0.2) is 40.4 Å². The highest BCUT2D eigenvalue weighted by Gasteiger charge is 2.31. The second-order valence-corrected chi connectivity index (χ2v) is 7.40. The SMILES string of the molecule is O=C(Nc1nnc(-c2ccccc2)o1)[C@H]1CCCCN1Cc1cccc2c1OCO2. The number of anilines is 1. The maximum Gasteiger partial charge on any atom is 0.322 e. The van der Waals surface area contributed by atoms with Gasteiger partial charge in [0.25, 0.3) is 0 Å². The minimum atomic E-state index is -0.274. The van der Waals surface area contributed by atoms with E-state index in [1.165, 1.54) is 0 Å². The minimum Gasteiger partial charge on any atom is -0.454 e. The molecule has 8 nitrogen and oxygen atoms in total. The van der Waals surface area contributed by atoms with Crippen LogP contribution in [0.1, 0.15) is 24.8 Å². The van der Waals surface area contributed by atoms with Crippen LogP contribution in [0.5, 0.6) is 11.5 Å². The van der Waals surface area contributed by atoms with Crippen molar-refractivity contribution in [1.82, 2.24) is 15.1 Å². The Bertz CT molecular complexity index is 1040. The van der Waals surface area contributed by atoms with Gasteiger partial charge in [-0.15, -0.1) is 5.10 Å². The third-order valence-electron chi connectivity index (χ3n) is 5.44. The summed E-state index contributed by atoms with van der Waals surface area (Å²) in [7, 11) is 0. The molecule has 1 atom stereocenters. The van der Waals surface area contributed by atoms with Crippen molar-refractivity contribution in [1.29, 1.82) is 0 Å². The van der Waals surface area contributed by atoms with Gasteiger partial charge in [-0.3, -0.25) is 15.0 Å². The van der Waals surface area contributed by atoms with Gasteiger partial charge in [-0.2, -0.15) is 0 Å². The number of amides is 1. The van der Waals surface area contributed by atoms with Crippen LogP contribution in [0.3, 0.4) is 0 Å². The molecule has 154 valence electrons. The molecule has 0 aliphatic carbocycles. The van der Waals surface area contributed by atoms with E-state index in [1.54, 1.807) is 0 Å². The predicted molar refractivity (Wildman–Crippen MR) is 109 cm³/mol. The van der Waals surface area contributed by atoms with Crippen LogP contribution < -0.4 is 14.8 Å². The molecule has 3 heterocycles. The fraction of sp³-hybridized carbons (Fsp3) is 0.318. The van der Waals surface area contributed by atoms with Crippen molar-refractivity contribution >= 4 is 11.9 Å². The quantitative estimate of drug-likeness (QED) is 0.694. The van der Waals surface area contributed by atoms with Crippen molar-refractivity contribution in [3.8, 4) is 23.0 Å². The van der Waals surface area contributed by atoms with E-state index in [1.807, 2.05) is 48.5 Å². The smallest absolute Gasteiger partial charge is 0.322 e. The number of benzene rings is 2. The molecule has 30 heavy (non-hydrogen) atoms. The Kier molecular flexibility index (Phi) is 5.06. The van der Waals surface area contributed by atoms with Gasteiger partial charge in [0.15, 0.2) is 11.5 Å². The zero-order valence-corrected chi connectivity index (χ0v) is 16.4. The molecule has 0 spiro atoms. The number of carbonyl (C=O) groups is 1. The summed E-state index contributed by atoms with van der Waals surface area (Å²) in [5.74, 6) is 1.77. The molecule has 1 aromatic heterocycles. The van der Waals surface area contributed by atoms with E-state index in [0.717, 1.165) is 48.4 Å². The second-order valence-electron chi connectivity index (χ2n) is 7.40. The van der Waals surface area contributed by atoms with Crippen LogP contribution in [0, 0.1) is 0 Å². The van der Waals surface area contributed by atoms with E-state index in [2.05, 4.69) is 20.4 Å². The fourth-order valence-electron chi connectivity index (χ4n) is 3.97. The van der Waals surface area contributed by atoms with Crippen molar-refractivity contribution in [3.05, 3.63) is 54.1 Å². The summed E-state index contributed by atoms with van der Waals surface area (Å²) in [4.78, 5) is 15.2. The van der Waals surface area contributed by atoms with E-state index in [0.29, 0.717) is 12.4 Å². The third kappa shape index (κ3) is 3.73. The topological polar surface area (TPSA) is 89.7 Å². The molecule has 0 radical (unpaired) electrons. The number of para-hydroxylation sites is 1. The highest BCUT2D eigenvalue weighted by molar-refractivity contribution is 5.93. The maximum absolute atomic E-state index is 13.0. The standard InChI is InChI=1S/C22H22N4O4/c27-20(23-22-25-24-21(30-22)15-7-2-1-3-8-15)17-10-4-5-12-26(17)13-16-9-6-11-18-19(16)29-14-28-18/h1-3,6-9,11,17H,4-5,10,12-14H2,(H,23,25,27)/t17-/m1/s1. The van der Waals surface area contributed by atoms with Crippen LogP contribution in [0.25, 0.3) is 11.5 Å². The molecule has 0 saturated carbocycles. The molecule has 8 heteroatoms. The van der Waals surface area contributed by atoms with Gasteiger partial charge in [-0.05, 0) is 37.6 Å². The van der Waals surface area contributed by atoms with Gasteiger partial charge in [-0.25, -0.2) is 0 Å². The van der Waals surface area contributed by atoms with Gasteiger partial charge in [0.2, 0.25) is 18.6 Å². The molecule has 0 bridgehead atoms. The first kappa shape index (κ1) is 18.6. The van der Waals surface area contributed by atoms with Gasteiger partial charge in [0, 0.05) is 17.7 Å². The van der Waals surface area contributed by atoms with Crippen molar-refractivity contribution in [2.75, 3.05) is 18.7 Å². The molecule has 1 fully saturated rings. The van der Waals surface area contributed by atoms with Crippen molar-refractivity contribution in [2.24, 2.45) is 0 Å². The lowest BCUT2D eigenvalue weighted by atomic mass is 10.00. The summed E-state index contributed by atoms with van der Waals surface area (Å²) in [6.07, 6.45) is 2.83. The summed E-state index contributed by atoms with van der Waals surface area (Å²) in [6.45, 7) is 1.68. The summed E-state index contributed by atoms with van der Waals surface area (Å²) in [5, 5.41) is 10.8. The lowest BCUT2D eigenvalue weighted by Crippen LogP contribution is -2.46. The molecule has 2 aromatic carbocycles. The highest BCUT2D eigenvalue weighted by atomic mass is 16.7. The van der Waals surface area contributed by atoms with E-state index in [4.69, 9.17) is 13.9 Å². The molecule has 1 N–H and O–H groups in total. The Morgan fingerprint density at radius 2 is 1.97 bits per heavy atom. The number of rotatable bonds is 5. The van der Waals surface area contributed by atoms with E-state index in [-0.39, 0.29) is 24.8 Å². The Hall–Kier alpha value is -3.39. The van der Waals surface area contributed by atoms with Crippen LogP contribution in [0.4, 0.5) is 6.01 Å². The molecule has 2 aliphatic heterocycles. The van der Waals surface area contributed by atoms with Crippen LogP contribution in [0.15, 0.2) is 52.9 Å². The van der Waals surface area contributed by atoms with Crippen LogP contribution >= 0.6 is 0 Å². The number of ether oxygens (including phenoxy) is 2. The van der Waals surface area contributed by atoms with Gasteiger partial charge < -0.3 is 13.9 Å². The van der Waals surface area contributed by atoms with Gasteiger partial charge in [-0.1, -0.05) is 41.9 Å². The number of piperidine rings is 1. The molecule has 1 amide bonds. The Labute approximate surface area is 173 Å². The number of hydrogen-bond donors (Lipinski definition) is 1. The Balaban J connectivity index is 1.29. The maximum atomic E-state index is 13.0. The van der Waals surface area contributed by atoms with Crippen molar-refractivity contribution < 1.29 is 18.7 Å². The third-order valence-corrected chi connectivity index (χ3v) is 5.44. The normalized spacial score (nSPS) is 18.3. The average Bonchev–Trinajstić information content (AvgIpc) is 3.45. The molecule has 2 aliphatic rings. The summed E-state index contributed by atoms with van der Waals surface area (Å²) >= 11 is 0. The fourth-order valence-corrected chi connectivity index (χ4v) is 3.97. The monoisotopic (exact) mass is 406 g/mol. The number of carbonyl (C=O) groups excluding carboxylic acids is 1. The number of nitrogens with zero attached hydrogens (tertiary/aromatic N) is 3. The number of hydrogen-bond acceptors (Lipinski definition) is 7. The summed E-state index contributed by atoms with van der Waals surface area (Å²) in [6, 6.07) is 15.2. The molecule has 1 saturated heterocycles. The largest absolute Gasteiger partial charge is 0.454 e. The van der Waals surface area contributed by atoms with Gasteiger partial charge in [0.05, 0.1) is 6.04 Å². The molecular formula is C22H22N4O4. The van der Waals surface area contributed by atoms with Gasteiger partial charge >= 0.3 is 6.01 Å². The van der Waals surface area contributed by atoms with E-state index in [9.17, 15) is 4.79 Å². The summed E-state index contributed by atoms with van der Waals surface area (Å²) in [5.41, 5.74) is 1.83. The lowest BCUT2D eigenvalue weighted by Gasteiger charge is -2.34. The number of likely N-dealkylation sites (tertiary alicyclic amines) is 1. The van der Waals surface area contributed by atoms with E-state index < -0.39 is 0 Å². The van der Waals surface area contributed by atoms with Crippen LogP contribution in [-0.2, 0) is 11.3 Å². The first-order valence-electron chi connectivity index (χ1n) is 10.1. The van der Waals surface area contributed by atoms with Crippen molar-refractivity contribution in [3.63, 3.8) is 0 Å².